The van der Waals surface area contributed by atoms with E-state index in [1.165, 1.54) is 11.3 Å². The van der Waals surface area contributed by atoms with E-state index in [1.807, 2.05) is 6.92 Å². The van der Waals surface area contributed by atoms with Crippen molar-refractivity contribution in [2.75, 3.05) is 18.4 Å². The Balaban J connectivity index is 2.07. The lowest BCUT2D eigenvalue weighted by Crippen LogP contribution is -2.28. The van der Waals surface area contributed by atoms with E-state index in [9.17, 15) is 9.59 Å². The van der Waals surface area contributed by atoms with Crippen LogP contribution < -0.4 is 16.4 Å². The number of hydrogen-bond donors (Lipinski definition) is 3. The van der Waals surface area contributed by atoms with Gasteiger partial charge in [0.2, 0.25) is 5.91 Å². The molecular weight excluding hydrogens is 238 g/mol. The van der Waals surface area contributed by atoms with E-state index in [0.29, 0.717) is 23.0 Å². The first-order valence-electron chi connectivity index (χ1n) is 5.48. The van der Waals surface area contributed by atoms with Crippen LogP contribution in [-0.4, -0.2) is 24.9 Å². The minimum atomic E-state index is -0.515. The summed E-state index contributed by atoms with van der Waals surface area (Å²) in [4.78, 5) is 23.1. The van der Waals surface area contributed by atoms with Gasteiger partial charge in [0.05, 0.1) is 11.5 Å². The van der Waals surface area contributed by atoms with Crippen molar-refractivity contribution in [2.24, 2.45) is 17.6 Å². The summed E-state index contributed by atoms with van der Waals surface area (Å²) < 4.78 is 0. The van der Waals surface area contributed by atoms with Gasteiger partial charge in [-0.2, -0.15) is 0 Å². The second kappa shape index (κ2) is 4.85. The third-order valence-corrected chi connectivity index (χ3v) is 3.85. The van der Waals surface area contributed by atoms with Crippen molar-refractivity contribution in [1.29, 1.82) is 0 Å². The van der Waals surface area contributed by atoms with Crippen molar-refractivity contribution in [3.63, 3.8) is 0 Å². The van der Waals surface area contributed by atoms with Gasteiger partial charge in [-0.3, -0.25) is 9.59 Å². The van der Waals surface area contributed by atoms with Gasteiger partial charge >= 0.3 is 0 Å². The maximum Gasteiger partial charge on any atom is 0.251 e. The lowest BCUT2D eigenvalue weighted by molar-refractivity contribution is -0.120. The lowest BCUT2D eigenvalue weighted by Gasteiger charge is -2.13. The molecule has 1 fully saturated rings. The molecule has 2 rings (SSSR count). The molecular formula is C11H15N3O2S. The first kappa shape index (κ1) is 12.1. The number of nitrogens with two attached hydrogens (primary N) is 1. The number of carbonyl (C=O) groups excluding carboxylic acids is 2. The van der Waals surface area contributed by atoms with Gasteiger partial charge in [0.15, 0.2) is 0 Å². The summed E-state index contributed by atoms with van der Waals surface area (Å²) in [6.45, 7) is 3.57. The van der Waals surface area contributed by atoms with E-state index in [2.05, 4.69) is 10.6 Å². The van der Waals surface area contributed by atoms with Crippen LogP contribution in [0.4, 0.5) is 5.00 Å². The Morgan fingerprint density at radius 3 is 2.88 bits per heavy atom. The molecule has 92 valence electrons. The second-order valence-electron chi connectivity index (χ2n) is 4.26. The zero-order valence-corrected chi connectivity index (χ0v) is 10.3. The fourth-order valence-electron chi connectivity index (χ4n) is 1.97. The molecule has 0 aromatic carbocycles. The maximum absolute atomic E-state index is 12.0. The van der Waals surface area contributed by atoms with Crippen molar-refractivity contribution < 1.29 is 9.59 Å². The summed E-state index contributed by atoms with van der Waals surface area (Å²) in [6, 6.07) is 1.62. The van der Waals surface area contributed by atoms with Crippen LogP contribution in [0, 0.1) is 11.8 Å². The zero-order valence-electron chi connectivity index (χ0n) is 9.53. The number of rotatable bonds is 3. The molecule has 0 bridgehead atoms. The van der Waals surface area contributed by atoms with Crippen LogP contribution in [0.25, 0.3) is 0 Å². The van der Waals surface area contributed by atoms with Crippen LogP contribution in [0.1, 0.15) is 17.3 Å². The van der Waals surface area contributed by atoms with Gasteiger partial charge in [0, 0.05) is 6.54 Å². The van der Waals surface area contributed by atoms with Crippen LogP contribution >= 0.6 is 11.3 Å². The summed E-state index contributed by atoms with van der Waals surface area (Å²) in [6.07, 6.45) is 0. The van der Waals surface area contributed by atoms with Gasteiger partial charge in [-0.15, -0.1) is 11.3 Å². The van der Waals surface area contributed by atoms with Crippen molar-refractivity contribution in [2.45, 2.75) is 6.92 Å². The highest BCUT2D eigenvalue weighted by Crippen LogP contribution is 2.25. The average molecular weight is 253 g/mol. The van der Waals surface area contributed by atoms with E-state index in [0.717, 1.165) is 6.54 Å². The van der Waals surface area contributed by atoms with E-state index in [1.54, 1.807) is 11.4 Å². The molecule has 0 unspecified atom stereocenters. The van der Waals surface area contributed by atoms with Crippen LogP contribution in [0.2, 0.25) is 0 Å². The first-order chi connectivity index (χ1) is 8.09. The smallest absolute Gasteiger partial charge is 0.251 e. The Morgan fingerprint density at radius 1 is 1.53 bits per heavy atom. The summed E-state index contributed by atoms with van der Waals surface area (Å²) in [5.74, 6) is -0.295. The fourth-order valence-corrected chi connectivity index (χ4v) is 2.76. The Morgan fingerprint density at radius 2 is 2.29 bits per heavy atom. The molecule has 1 aromatic heterocycles. The molecule has 0 aliphatic carbocycles. The van der Waals surface area contributed by atoms with E-state index in [-0.39, 0.29) is 11.8 Å². The largest absolute Gasteiger partial charge is 0.366 e. The quantitative estimate of drug-likeness (QED) is 0.739. The van der Waals surface area contributed by atoms with Crippen molar-refractivity contribution in [3.05, 3.63) is 17.0 Å². The van der Waals surface area contributed by atoms with Gasteiger partial charge < -0.3 is 16.4 Å². The number of primary amides is 1. The molecule has 0 saturated carbocycles. The fraction of sp³-hybridized carbons (Fsp3) is 0.455. The molecule has 1 aliphatic heterocycles. The SMILES string of the molecule is C[C@@H]1CNC[C@H]1C(=O)Nc1sccc1C(N)=O. The molecule has 1 aromatic rings. The monoisotopic (exact) mass is 253 g/mol. The van der Waals surface area contributed by atoms with Crippen LogP contribution in [-0.2, 0) is 4.79 Å². The van der Waals surface area contributed by atoms with Gasteiger partial charge in [-0.05, 0) is 23.9 Å². The molecule has 2 heterocycles. The number of thiophene rings is 1. The third-order valence-electron chi connectivity index (χ3n) is 3.02. The van der Waals surface area contributed by atoms with Crippen molar-refractivity contribution in [3.8, 4) is 0 Å². The minimum Gasteiger partial charge on any atom is -0.366 e. The molecule has 4 N–H and O–H groups in total. The summed E-state index contributed by atoms with van der Waals surface area (Å²) >= 11 is 1.31. The third kappa shape index (κ3) is 2.48. The molecule has 0 radical (unpaired) electrons. The van der Waals surface area contributed by atoms with Gasteiger partial charge in [0.1, 0.15) is 5.00 Å². The number of nitrogens with one attached hydrogen (secondary N) is 2. The number of anilines is 1. The van der Waals surface area contributed by atoms with E-state index >= 15 is 0 Å². The van der Waals surface area contributed by atoms with Crippen molar-refractivity contribution in [1.82, 2.24) is 5.32 Å². The molecule has 1 aliphatic rings. The van der Waals surface area contributed by atoms with Gasteiger partial charge in [-0.25, -0.2) is 0 Å². The highest BCUT2D eigenvalue weighted by Gasteiger charge is 2.30. The summed E-state index contributed by atoms with van der Waals surface area (Å²) in [7, 11) is 0. The Labute approximate surface area is 103 Å². The summed E-state index contributed by atoms with van der Waals surface area (Å²) in [5.41, 5.74) is 5.60. The molecule has 2 amide bonds. The zero-order chi connectivity index (χ0) is 12.4. The first-order valence-corrected chi connectivity index (χ1v) is 6.36. The Hall–Kier alpha value is -1.40. The predicted octanol–water partition coefficient (Wildman–Crippen LogP) is 0.641. The van der Waals surface area contributed by atoms with Gasteiger partial charge in [-0.1, -0.05) is 6.92 Å². The molecule has 2 atom stereocenters. The standard InChI is InChI=1S/C11H15N3O2S/c1-6-4-13-5-8(6)10(16)14-11-7(9(12)15)2-3-17-11/h2-3,6,8,13H,4-5H2,1H3,(H2,12,15)(H,14,16)/t6-,8-/m1/s1. The topological polar surface area (TPSA) is 84.2 Å². The van der Waals surface area contributed by atoms with Crippen LogP contribution in [0.3, 0.4) is 0 Å². The highest BCUT2D eigenvalue weighted by atomic mass is 32.1. The van der Waals surface area contributed by atoms with Crippen molar-refractivity contribution >= 4 is 28.2 Å². The predicted molar refractivity (Wildman–Crippen MR) is 67.0 cm³/mol. The van der Waals surface area contributed by atoms with E-state index < -0.39 is 5.91 Å². The van der Waals surface area contributed by atoms with Crippen LogP contribution in [0.5, 0.6) is 0 Å². The Bertz CT molecular complexity index is 444. The molecule has 6 heteroatoms. The number of amides is 2. The summed E-state index contributed by atoms with van der Waals surface area (Å²) in [5, 5.41) is 8.24. The molecule has 17 heavy (non-hydrogen) atoms. The Kier molecular flexibility index (Phi) is 3.44. The minimum absolute atomic E-state index is 0.0437. The molecule has 5 nitrogen and oxygen atoms in total. The lowest BCUT2D eigenvalue weighted by atomic mass is 9.97. The number of carbonyl (C=O) groups is 2. The maximum atomic E-state index is 12.0. The average Bonchev–Trinajstić information content (AvgIpc) is 2.86. The van der Waals surface area contributed by atoms with Crippen LogP contribution in [0.15, 0.2) is 11.4 Å². The number of hydrogen-bond acceptors (Lipinski definition) is 4. The van der Waals surface area contributed by atoms with Gasteiger partial charge in [0.25, 0.3) is 5.91 Å². The highest BCUT2D eigenvalue weighted by molar-refractivity contribution is 7.14. The molecule has 0 spiro atoms. The normalized spacial score (nSPS) is 23.6. The van der Waals surface area contributed by atoms with E-state index in [4.69, 9.17) is 5.73 Å². The second-order valence-corrected chi connectivity index (χ2v) is 5.18. The molecule has 1 saturated heterocycles.